The molecule has 0 radical (unpaired) electrons. The van der Waals surface area contributed by atoms with Crippen LogP contribution in [0.25, 0.3) is 0 Å². The lowest BCUT2D eigenvalue weighted by Crippen LogP contribution is -2.63. The Balaban J connectivity index is 3.14. The Morgan fingerprint density at radius 3 is 1.93 bits per heavy atom. The number of allylic oxidation sites excluding steroid dienone is 1. The van der Waals surface area contributed by atoms with Crippen molar-refractivity contribution >= 4 is 23.9 Å². The number of unbranched alkanes of at least 4 members (excludes halogenated alkanes) is 2. The van der Waals surface area contributed by atoms with E-state index in [0.717, 1.165) is 26.7 Å². The highest BCUT2D eigenvalue weighted by molar-refractivity contribution is 5.68. The van der Waals surface area contributed by atoms with Gasteiger partial charge in [0.05, 0.1) is 0 Å². The minimum absolute atomic E-state index is 0.265. The minimum Gasteiger partial charge on any atom is -0.463 e. The fourth-order valence-electron chi connectivity index (χ4n) is 2.91. The van der Waals surface area contributed by atoms with Gasteiger partial charge in [0.2, 0.25) is 0 Å². The quantitative estimate of drug-likeness (QED) is 0.206. The molecule has 0 aromatic carbocycles. The van der Waals surface area contributed by atoms with Crippen molar-refractivity contribution in [1.29, 1.82) is 0 Å². The number of carbonyl (C=O) groups excluding carboxylic acids is 4. The van der Waals surface area contributed by atoms with Crippen molar-refractivity contribution in [3.63, 3.8) is 0 Å². The van der Waals surface area contributed by atoms with Gasteiger partial charge in [-0.1, -0.05) is 6.08 Å². The Hall–Kier alpha value is -2.46. The number of ether oxygens (including phenoxy) is 6. The lowest BCUT2D eigenvalue weighted by molar-refractivity contribution is -0.308. The standard InChI is InChI=1S/C20H30O10/c1-6-7-8-9-10-25-20-19(29-15(5)24)18(28-14(4)23)17(27-13(3)22)16(30-20)11-26-12(2)21/h6,16-20H,1,7-11H2,2-5H3/t16-,17-,18+,19-,20-/m1/s1. The van der Waals surface area contributed by atoms with Gasteiger partial charge in [0, 0.05) is 34.3 Å². The predicted molar refractivity (Wildman–Crippen MR) is 102 cm³/mol. The van der Waals surface area contributed by atoms with Gasteiger partial charge in [0.1, 0.15) is 12.7 Å². The first-order valence-electron chi connectivity index (χ1n) is 9.68. The van der Waals surface area contributed by atoms with Gasteiger partial charge in [0.15, 0.2) is 24.6 Å². The Kier molecular flexibility index (Phi) is 11.1. The summed E-state index contributed by atoms with van der Waals surface area (Å²) in [6.07, 6.45) is -1.63. The highest BCUT2D eigenvalue weighted by Gasteiger charge is 2.52. The van der Waals surface area contributed by atoms with Crippen molar-refractivity contribution in [1.82, 2.24) is 0 Å². The van der Waals surface area contributed by atoms with Gasteiger partial charge < -0.3 is 28.4 Å². The van der Waals surface area contributed by atoms with Crippen molar-refractivity contribution in [2.24, 2.45) is 0 Å². The van der Waals surface area contributed by atoms with Crippen molar-refractivity contribution in [2.75, 3.05) is 13.2 Å². The summed E-state index contributed by atoms with van der Waals surface area (Å²) in [7, 11) is 0. The average Bonchev–Trinajstić information content (AvgIpc) is 2.63. The molecule has 1 heterocycles. The summed E-state index contributed by atoms with van der Waals surface area (Å²) in [6.45, 7) is 8.35. The lowest BCUT2D eigenvalue weighted by atomic mass is 9.98. The first-order valence-corrected chi connectivity index (χ1v) is 9.68. The van der Waals surface area contributed by atoms with Crippen LogP contribution < -0.4 is 0 Å². The first-order chi connectivity index (χ1) is 14.1. The molecule has 10 heteroatoms. The van der Waals surface area contributed by atoms with Gasteiger partial charge in [-0.05, 0) is 19.3 Å². The molecule has 1 aliphatic heterocycles. The number of hydrogen-bond acceptors (Lipinski definition) is 10. The fourth-order valence-corrected chi connectivity index (χ4v) is 2.91. The highest BCUT2D eigenvalue weighted by atomic mass is 16.7. The predicted octanol–water partition coefficient (Wildman–Crippen LogP) is 1.44. The molecule has 1 rings (SSSR count). The van der Waals surface area contributed by atoms with Crippen molar-refractivity contribution in [2.45, 2.75) is 77.7 Å². The molecule has 0 aromatic rings. The highest BCUT2D eigenvalue weighted by Crippen LogP contribution is 2.30. The SMILES string of the molecule is C=CCCCCO[C@@H]1O[C@H](COC(C)=O)[C@@H](OC(C)=O)[C@H](OC(C)=O)[C@H]1OC(C)=O. The maximum Gasteiger partial charge on any atom is 0.303 e. The van der Waals surface area contributed by atoms with Crippen LogP contribution >= 0.6 is 0 Å². The molecule has 0 N–H and O–H groups in total. The van der Waals surface area contributed by atoms with E-state index < -0.39 is 54.6 Å². The maximum atomic E-state index is 11.7. The molecule has 0 unspecified atom stereocenters. The van der Waals surface area contributed by atoms with Crippen LogP contribution in [-0.2, 0) is 47.6 Å². The molecule has 30 heavy (non-hydrogen) atoms. The first kappa shape index (κ1) is 25.6. The van der Waals surface area contributed by atoms with Crippen LogP contribution in [-0.4, -0.2) is 67.8 Å². The molecule has 0 saturated carbocycles. The van der Waals surface area contributed by atoms with Crippen LogP contribution in [0.4, 0.5) is 0 Å². The van der Waals surface area contributed by atoms with Crippen LogP contribution in [0.15, 0.2) is 12.7 Å². The summed E-state index contributed by atoms with van der Waals surface area (Å²) in [5.41, 5.74) is 0. The Bertz CT molecular complexity index is 617. The fraction of sp³-hybridized carbons (Fsp3) is 0.700. The summed E-state index contributed by atoms with van der Waals surface area (Å²) in [5.74, 6) is -2.61. The van der Waals surface area contributed by atoms with E-state index in [0.29, 0.717) is 6.42 Å². The molecule has 0 aromatic heterocycles. The van der Waals surface area contributed by atoms with Crippen LogP contribution in [0.2, 0.25) is 0 Å². The van der Waals surface area contributed by atoms with E-state index in [1.807, 2.05) is 0 Å². The molecule has 5 atom stereocenters. The summed E-state index contributed by atoms with van der Waals surface area (Å²) < 4.78 is 32.5. The minimum atomic E-state index is -1.22. The second-order valence-electron chi connectivity index (χ2n) is 6.72. The van der Waals surface area contributed by atoms with Crippen molar-refractivity contribution in [3.05, 3.63) is 12.7 Å². The average molecular weight is 430 g/mol. The number of rotatable bonds is 11. The molecule has 170 valence electrons. The molecule has 1 fully saturated rings. The zero-order valence-electron chi connectivity index (χ0n) is 17.8. The third-order valence-electron chi connectivity index (χ3n) is 4.03. The van der Waals surface area contributed by atoms with E-state index >= 15 is 0 Å². The number of carbonyl (C=O) groups is 4. The van der Waals surface area contributed by atoms with E-state index in [1.165, 1.54) is 13.8 Å². The lowest BCUT2D eigenvalue weighted by Gasteiger charge is -2.44. The normalized spacial score (nSPS) is 25.7. The molecular weight excluding hydrogens is 400 g/mol. The van der Waals surface area contributed by atoms with Crippen LogP contribution in [0.5, 0.6) is 0 Å². The molecule has 0 spiro atoms. The monoisotopic (exact) mass is 430 g/mol. The largest absolute Gasteiger partial charge is 0.463 e. The van der Waals surface area contributed by atoms with Crippen molar-refractivity contribution < 1.29 is 47.6 Å². The third kappa shape index (κ3) is 8.91. The van der Waals surface area contributed by atoms with Gasteiger partial charge >= 0.3 is 23.9 Å². The number of hydrogen-bond donors (Lipinski definition) is 0. The van der Waals surface area contributed by atoms with Gasteiger partial charge in [-0.3, -0.25) is 19.2 Å². The molecule has 0 aliphatic carbocycles. The second-order valence-corrected chi connectivity index (χ2v) is 6.72. The smallest absolute Gasteiger partial charge is 0.303 e. The van der Waals surface area contributed by atoms with Crippen LogP contribution in [0.1, 0.15) is 47.0 Å². The van der Waals surface area contributed by atoms with Gasteiger partial charge in [-0.25, -0.2) is 0 Å². The summed E-state index contributed by atoms with van der Waals surface area (Å²) in [4.78, 5) is 46.3. The Morgan fingerprint density at radius 1 is 0.833 bits per heavy atom. The summed E-state index contributed by atoms with van der Waals surface area (Å²) in [5, 5.41) is 0. The third-order valence-corrected chi connectivity index (χ3v) is 4.03. The number of esters is 4. The summed E-state index contributed by atoms with van der Waals surface area (Å²) in [6, 6.07) is 0. The molecular formula is C20H30O10. The summed E-state index contributed by atoms with van der Waals surface area (Å²) >= 11 is 0. The molecule has 10 nitrogen and oxygen atoms in total. The van der Waals surface area contributed by atoms with E-state index in [4.69, 9.17) is 28.4 Å². The molecule has 0 bridgehead atoms. The topological polar surface area (TPSA) is 124 Å². The Morgan fingerprint density at radius 2 is 1.40 bits per heavy atom. The van der Waals surface area contributed by atoms with E-state index in [9.17, 15) is 19.2 Å². The maximum absolute atomic E-state index is 11.7. The van der Waals surface area contributed by atoms with Crippen LogP contribution in [0.3, 0.4) is 0 Å². The molecule has 1 aliphatic rings. The molecule has 1 saturated heterocycles. The van der Waals surface area contributed by atoms with Crippen LogP contribution in [0, 0.1) is 0 Å². The van der Waals surface area contributed by atoms with E-state index in [2.05, 4.69) is 6.58 Å². The van der Waals surface area contributed by atoms with E-state index in [-0.39, 0.29) is 13.2 Å². The molecule has 0 amide bonds. The van der Waals surface area contributed by atoms with Gasteiger partial charge in [0.25, 0.3) is 0 Å². The zero-order valence-corrected chi connectivity index (χ0v) is 17.8. The second kappa shape index (κ2) is 13.0. The van der Waals surface area contributed by atoms with Gasteiger partial charge in [-0.15, -0.1) is 6.58 Å². The zero-order chi connectivity index (χ0) is 22.7. The Labute approximate surface area is 175 Å². The van der Waals surface area contributed by atoms with Gasteiger partial charge in [-0.2, -0.15) is 0 Å². The van der Waals surface area contributed by atoms with Crippen molar-refractivity contribution in [3.8, 4) is 0 Å². The van der Waals surface area contributed by atoms with E-state index in [1.54, 1.807) is 6.08 Å².